The first-order valence-electron chi connectivity index (χ1n) is 13.3. The van der Waals surface area contributed by atoms with Crippen LogP contribution in [0.5, 0.6) is 0 Å². The number of benzene rings is 4. The minimum atomic E-state index is -1.65. The summed E-state index contributed by atoms with van der Waals surface area (Å²) < 4.78 is 6.18. The number of hydrogen-bond acceptors (Lipinski definition) is 4. The number of carbonyl (C=O) groups excluding carboxylic acids is 2. The molecule has 0 bridgehead atoms. The van der Waals surface area contributed by atoms with Crippen molar-refractivity contribution in [2.45, 2.75) is 32.5 Å². The highest BCUT2D eigenvalue weighted by Gasteiger charge is 2.65. The van der Waals surface area contributed by atoms with E-state index in [0.717, 1.165) is 22.3 Å². The van der Waals surface area contributed by atoms with Gasteiger partial charge in [-0.3, -0.25) is 14.4 Å². The van der Waals surface area contributed by atoms with Gasteiger partial charge in [0, 0.05) is 12.1 Å². The fourth-order valence-electron chi connectivity index (χ4n) is 6.21. The number of carbonyl (C=O) groups is 2. The Kier molecular flexibility index (Phi) is 5.29. The summed E-state index contributed by atoms with van der Waals surface area (Å²) in [7, 11) is 0. The van der Waals surface area contributed by atoms with Gasteiger partial charge in [0.2, 0.25) is 5.76 Å². The highest BCUT2D eigenvalue weighted by Crippen LogP contribution is 2.53. The number of fused-ring (bicyclic) bond motifs is 5. The molecule has 6 nitrogen and oxygen atoms in total. The average Bonchev–Trinajstić information content (AvgIpc) is 3.35. The number of hydrogen-bond donors (Lipinski definition) is 0. The highest BCUT2D eigenvalue weighted by atomic mass is 16.3. The minimum absolute atomic E-state index is 0.0711. The Bertz CT molecular complexity index is 1910. The van der Waals surface area contributed by atoms with E-state index in [-0.39, 0.29) is 29.2 Å². The zero-order valence-electron chi connectivity index (χ0n) is 22.2. The second-order valence-electron chi connectivity index (χ2n) is 10.6. The van der Waals surface area contributed by atoms with Gasteiger partial charge in [-0.2, -0.15) is 0 Å². The van der Waals surface area contributed by atoms with Gasteiger partial charge >= 0.3 is 0 Å². The third-order valence-corrected chi connectivity index (χ3v) is 8.16. The third-order valence-electron chi connectivity index (χ3n) is 8.16. The van der Waals surface area contributed by atoms with E-state index >= 15 is 0 Å². The molecule has 2 aliphatic rings. The molecule has 2 amide bonds. The average molecular weight is 527 g/mol. The Morgan fingerprint density at radius 1 is 0.775 bits per heavy atom. The summed E-state index contributed by atoms with van der Waals surface area (Å²) in [5.41, 5.74) is 3.48. The minimum Gasteiger partial charge on any atom is -0.450 e. The first kappa shape index (κ1) is 24.1. The molecule has 0 fully saturated rings. The summed E-state index contributed by atoms with van der Waals surface area (Å²) in [6, 6.07) is 30.2. The van der Waals surface area contributed by atoms with E-state index in [1.54, 1.807) is 17.0 Å². The maximum atomic E-state index is 14.9. The van der Waals surface area contributed by atoms with Crippen LogP contribution < -0.4 is 10.3 Å². The molecule has 6 heteroatoms. The quantitative estimate of drug-likeness (QED) is 0.294. The van der Waals surface area contributed by atoms with Crippen LogP contribution in [0.15, 0.2) is 106 Å². The molecule has 1 aromatic heterocycles. The van der Waals surface area contributed by atoms with E-state index in [0.29, 0.717) is 28.8 Å². The summed E-state index contributed by atoms with van der Waals surface area (Å²) in [6.45, 7) is 4.35. The number of nitrogens with zero attached hydrogens (tertiary/aromatic N) is 2. The number of rotatable bonds is 4. The monoisotopic (exact) mass is 526 g/mol. The molecule has 3 heterocycles. The lowest BCUT2D eigenvalue weighted by Gasteiger charge is -2.34. The Balaban J connectivity index is 1.53. The van der Waals surface area contributed by atoms with Crippen LogP contribution >= 0.6 is 0 Å². The van der Waals surface area contributed by atoms with Crippen LogP contribution in [0.25, 0.3) is 11.0 Å². The zero-order chi connectivity index (χ0) is 27.6. The fraction of sp³-hybridized carbons (Fsp3) is 0.147. The smallest absolute Gasteiger partial charge is 0.291 e. The van der Waals surface area contributed by atoms with Gasteiger partial charge < -0.3 is 14.2 Å². The van der Waals surface area contributed by atoms with Gasteiger partial charge in [-0.25, -0.2) is 0 Å². The predicted octanol–water partition coefficient (Wildman–Crippen LogP) is 5.86. The lowest BCUT2D eigenvalue weighted by atomic mass is 9.83. The lowest BCUT2D eigenvalue weighted by molar-refractivity contribution is -0.126. The van der Waals surface area contributed by atoms with Crippen LogP contribution in [-0.2, 0) is 23.4 Å². The number of anilines is 1. The van der Waals surface area contributed by atoms with Crippen molar-refractivity contribution in [3.63, 3.8) is 0 Å². The molecule has 0 saturated carbocycles. The Morgan fingerprint density at radius 2 is 1.50 bits per heavy atom. The molecule has 7 rings (SSSR count). The molecule has 1 atom stereocenters. The van der Waals surface area contributed by atoms with Crippen molar-refractivity contribution in [1.82, 2.24) is 4.90 Å². The first-order chi connectivity index (χ1) is 19.4. The van der Waals surface area contributed by atoms with Crippen molar-refractivity contribution in [1.29, 1.82) is 0 Å². The number of aryl methyl sites for hydroxylation is 2. The van der Waals surface area contributed by atoms with Gasteiger partial charge in [0.1, 0.15) is 5.58 Å². The standard InChI is InChI=1S/C34H26N2O4/c1-21-16-17-28-25(18-21)30(37)29-31(40-28)32(38)36(19-23-11-4-3-5-12-23)34(29)26-14-8-9-15-27(26)35(33(34)39)20-24-13-7-6-10-22(24)2/h3-18H,19-20H2,1-2H3. The van der Waals surface area contributed by atoms with Crippen molar-refractivity contribution in [3.8, 4) is 0 Å². The van der Waals surface area contributed by atoms with E-state index in [1.807, 2.05) is 98.8 Å². The van der Waals surface area contributed by atoms with Gasteiger partial charge in [0.15, 0.2) is 11.0 Å². The summed E-state index contributed by atoms with van der Waals surface area (Å²) in [4.78, 5) is 46.7. The largest absolute Gasteiger partial charge is 0.450 e. The van der Waals surface area contributed by atoms with Crippen LogP contribution in [0.3, 0.4) is 0 Å². The van der Waals surface area contributed by atoms with Gasteiger partial charge in [-0.15, -0.1) is 0 Å². The van der Waals surface area contributed by atoms with Gasteiger partial charge in [0.25, 0.3) is 11.8 Å². The van der Waals surface area contributed by atoms with Crippen molar-refractivity contribution < 1.29 is 14.0 Å². The molecule has 5 aromatic rings. The van der Waals surface area contributed by atoms with Crippen LogP contribution in [0.1, 0.15) is 43.9 Å². The first-order valence-corrected chi connectivity index (χ1v) is 13.3. The molecule has 1 spiro atoms. The molecule has 0 N–H and O–H groups in total. The third kappa shape index (κ3) is 3.26. The van der Waals surface area contributed by atoms with Crippen LogP contribution in [0.4, 0.5) is 5.69 Å². The van der Waals surface area contributed by atoms with Crippen molar-refractivity contribution >= 4 is 28.5 Å². The van der Waals surface area contributed by atoms with Crippen molar-refractivity contribution in [3.05, 3.63) is 146 Å². The Hall–Kier alpha value is -4.97. The van der Waals surface area contributed by atoms with Crippen LogP contribution in [0.2, 0.25) is 0 Å². The van der Waals surface area contributed by atoms with E-state index in [4.69, 9.17) is 4.42 Å². The highest BCUT2D eigenvalue weighted by molar-refractivity contribution is 6.17. The van der Waals surface area contributed by atoms with E-state index < -0.39 is 11.4 Å². The van der Waals surface area contributed by atoms with E-state index in [9.17, 15) is 14.4 Å². The second kappa shape index (κ2) is 8.78. The lowest BCUT2D eigenvalue weighted by Crippen LogP contribution is -2.53. The zero-order valence-corrected chi connectivity index (χ0v) is 22.2. The SMILES string of the molecule is Cc1ccc2oc3c(c(=O)c2c1)C1(C(=O)N(Cc2ccccc2C)c2ccccc21)N(Cc1ccccc1)C3=O. The van der Waals surface area contributed by atoms with Gasteiger partial charge in [-0.05, 0) is 48.7 Å². The summed E-state index contributed by atoms with van der Waals surface area (Å²) in [5, 5.41) is 0.357. The topological polar surface area (TPSA) is 70.8 Å². The molecule has 2 aliphatic heterocycles. The van der Waals surface area contributed by atoms with E-state index in [1.165, 1.54) is 4.90 Å². The van der Waals surface area contributed by atoms with Crippen LogP contribution in [0, 0.1) is 13.8 Å². The Labute approximate surface area is 231 Å². The molecule has 196 valence electrons. The molecular weight excluding hydrogens is 500 g/mol. The molecule has 1 unspecified atom stereocenters. The molecule has 0 saturated heterocycles. The maximum Gasteiger partial charge on any atom is 0.291 e. The molecule has 0 aliphatic carbocycles. The summed E-state index contributed by atoms with van der Waals surface area (Å²) >= 11 is 0. The van der Waals surface area contributed by atoms with Gasteiger partial charge in [-0.1, -0.05) is 84.4 Å². The van der Waals surface area contributed by atoms with Crippen LogP contribution in [-0.4, -0.2) is 16.7 Å². The van der Waals surface area contributed by atoms with Gasteiger partial charge in [0.05, 0.1) is 23.2 Å². The fourth-order valence-corrected chi connectivity index (χ4v) is 6.21. The Morgan fingerprint density at radius 3 is 2.30 bits per heavy atom. The van der Waals surface area contributed by atoms with Crippen molar-refractivity contribution in [2.75, 3.05) is 4.90 Å². The van der Waals surface area contributed by atoms with E-state index in [2.05, 4.69) is 0 Å². The molecule has 0 radical (unpaired) electrons. The molecular formula is C34H26N2O4. The number of amides is 2. The normalized spacial score (nSPS) is 17.6. The summed E-state index contributed by atoms with van der Waals surface area (Å²) in [5.74, 6) is -0.878. The summed E-state index contributed by atoms with van der Waals surface area (Å²) in [6.07, 6.45) is 0. The maximum absolute atomic E-state index is 14.9. The van der Waals surface area contributed by atoms with Crippen molar-refractivity contribution in [2.24, 2.45) is 0 Å². The molecule has 40 heavy (non-hydrogen) atoms. The molecule has 4 aromatic carbocycles. The predicted molar refractivity (Wildman–Crippen MR) is 153 cm³/mol. The number of para-hydroxylation sites is 1. The second-order valence-corrected chi connectivity index (χ2v) is 10.6.